The molecule has 0 bridgehead atoms. The smallest absolute Gasteiger partial charge is 0.303 e. The van der Waals surface area contributed by atoms with E-state index in [1.54, 1.807) is 11.3 Å². The summed E-state index contributed by atoms with van der Waals surface area (Å²) < 4.78 is 41.4. The molecule has 1 aliphatic heterocycles. The number of carbonyl (C=O) groups is 1. The Hall–Kier alpha value is -6.75. The molecule has 310 valence electrons. The highest BCUT2D eigenvalue weighted by Crippen LogP contribution is 2.56. The standard InChI is InChI=1S/C52H43NO7S2/c1-35(54)59-50-49(40-26-27-43(56-32-37-18-8-3-9-19-37)44(28-40)57-33-38-20-10-4-11-21-38)60-46-30-41(55-31-36-16-6-2-7-17-36)29-45(58-34-39-22-12-5-13-23-39)48(46)51(50)62-52-53-42-24-14-15-25-47(42)61-52/h2-30,49-51H,31-34H2,1H3/t49-,50+,51?/m1/s1. The third-order valence-electron chi connectivity index (χ3n) is 10.3. The van der Waals surface area contributed by atoms with E-state index in [9.17, 15) is 4.79 Å². The first-order chi connectivity index (χ1) is 30.5. The second-order valence-corrected chi connectivity index (χ2v) is 17.2. The quantitative estimate of drug-likeness (QED) is 0.0882. The van der Waals surface area contributed by atoms with Gasteiger partial charge in [0.2, 0.25) is 0 Å². The molecule has 0 saturated carbocycles. The van der Waals surface area contributed by atoms with Gasteiger partial charge in [0.1, 0.15) is 43.7 Å². The molecular weight excluding hydrogens is 815 g/mol. The van der Waals surface area contributed by atoms with Crippen LogP contribution in [0, 0.1) is 0 Å². The molecule has 9 rings (SSSR count). The number of thioether (sulfide) groups is 1. The number of carbonyl (C=O) groups excluding carboxylic acids is 1. The highest BCUT2D eigenvalue weighted by atomic mass is 32.2. The van der Waals surface area contributed by atoms with Gasteiger partial charge < -0.3 is 28.4 Å². The highest BCUT2D eigenvalue weighted by Gasteiger charge is 2.45. The Morgan fingerprint density at radius 1 is 0.597 bits per heavy atom. The van der Waals surface area contributed by atoms with E-state index in [2.05, 4.69) is 6.07 Å². The maximum Gasteiger partial charge on any atom is 0.303 e. The number of thiazole rings is 1. The Morgan fingerprint density at radius 2 is 1.13 bits per heavy atom. The molecule has 1 aromatic heterocycles. The van der Waals surface area contributed by atoms with Gasteiger partial charge in [-0.25, -0.2) is 4.98 Å². The van der Waals surface area contributed by atoms with Crippen molar-refractivity contribution in [2.45, 2.75) is 55.1 Å². The van der Waals surface area contributed by atoms with Gasteiger partial charge in [-0.3, -0.25) is 4.79 Å². The van der Waals surface area contributed by atoms with Gasteiger partial charge in [0.05, 0.1) is 21.0 Å². The lowest BCUT2D eigenvalue weighted by atomic mass is 9.92. The van der Waals surface area contributed by atoms with Crippen LogP contribution < -0.4 is 23.7 Å². The monoisotopic (exact) mass is 857 g/mol. The molecule has 62 heavy (non-hydrogen) atoms. The van der Waals surface area contributed by atoms with Crippen LogP contribution in [0.5, 0.6) is 28.7 Å². The van der Waals surface area contributed by atoms with Crippen LogP contribution >= 0.6 is 23.1 Å². The van der Waals surface area contributed by atoms with E-state index in [0.29, 0.717) is 55.2 Å². The van der Waals surface area contributed by atoms with Gasteiger partial charge in [-0.05, 0) is 46.5 Å². The molecule has 1 unspecified atom stereocenters. The van der Waals surface area contributed by atoms with E-state index < -0.39 is 23.4 Å². The number of para-hydroxylation sites is 1. The Balaban J connectivity index is 1.15. The summed E-state index contributed by atoms with van der Waals surface area (Å²) in [5.74, 6) is 2.32. The van der Waals surface area contributed by atoms with Crippen molar-refractivity contribution in [1.29, 1.82) is 0 Å². The van der Waals surface area contributed by atoms with Crippen LogP contribution in [0.3, 0.4) is 0 Å². The van der Waals surface area contributed by atoms with Gasteiger partial charge in [-0.15, -0.1) is 11.3 Å². The minimum atomic E-state index is -0.828. The maximum absolute atomic E-state index is 13.2. The molecule has 10 heteroatoms. The largest absolute Gasteiger partial charge is 0.489 e. The molecule has 0 fully saturated rings. The lowest BCUT2D eigenvalue weighted by Gasteiger charge is -2.39. The molecule has 8 aromatic rings. The summed E-state index contributed by atoms with van der Waals surface area (Å²) in [6, 6.07) is 57.6. The van der Waals surface area contributed by atoms with Crippen molar-refractivity contribution < 1.29 is 33.2 Å². The minimum absolute atomic E-state index is 0.294. The maximum atomic E-state index is 13.2. The fraction of sp³-hybridized carbons (Fsp3) is 0.154. The molecule has 3 atom stereocenters. The van der Waals surface area contributed by atoms with Crippen LogP contribution in [-0.2, 0) is 36.0 Å². The predicted molar refractivity (Wildman–Crippen MR) is 243 cm³/mol. The van der Waals surface area contributed by atoms with Gasteiger partial charge in [-0.2, -0.15) is 0 Å². The summed E-state index contributed by atoms with van der Waals surface area (Å²) in [4.78, 5) is 18.2. The lowest BCUT2D eigenvalue weighted by Crippen LogP contribution is -2.37. The predicted octanol–water partition coefficient (Wildman–Crippen LogP) is 12.5. The van der Waals surface area contributed by atoms with Gasteiger partial charge in [0.25, 0.3) is 0 Å². The fourth-order valence-corrected chi connectivity index (χ4v) is 9.79. The summed E-state index contributed by atoms with van der Waals surface area (Å²) in [5, 5.41) is -0.523. The van der Waals surface area contributed by atoms with E-state index in [1.807, 2.05) is 170 Å². The Kier molecular flexibility index (Phi) is 12.7. The second kappa shape index (κ2) is 19.3. The van der Waals surface area contributed by atoms with Gasteiger partial charge in [-0.1, -0.05) is 151 Å². The summed E-state index contributed by atoms with van der Waals surface area (Å²) in [6.45, 7) is 2.72. The molecule has 0 aliphatic carbocycles. The van der Waals surface area contributed by atoms with Gasteiger partial charge in [0, 0.05) is 24.6 Å². The number of esters is 1. The highest BCUT2D eigenvalue weighted by molar-refractivity contribution is 8.01. The lowest BCUT2D eigenvalue weighted by molar-refractivity contribution is -0.152. The molecule has 1 aliphatic rings. The number of rotatable bonds is 16. The summed E-state index contributed by atoms with van der Waals surface area (Å²) >= 11 is 3.12. The molecule has 0 saturated heterocycles. The number of fused-ring (bicyclic) bond motifs is 2. The molecule has 0 radical (unpaired) electrons. The van der Waals surface area contributed by atoms with E-state index in [-0.39, 0.29) is 0 Å². The van der Waals surface area contributed by atoms with Crippen LogP contribution in [0.1, 0.15) is 51.7 Å². The number of aromatic nitrogens is 1. The van der Waals surface area contributed by atoms with E-state index in [4.69, 9.17) is 33.4 Å². The number of benzene rings is 7. The van der Waals surface area contributed by atoms with E-state index >= 15 is 0 Å². The van der Waals surface area contributed by atoms with Crippen LogP contribution in [0.4, 0.5) is 0 Å². The number of ether oxygens (including phenoxy) is 6. The zero-order valence-electron chi connectivity index (χ0n) is 33.9. The topological polar surface area (TPSA) is 85.3 Å². The molecule has 7 aromatic carbocycles. The van der Waals surface area contributed by atoms with E-state index in [1.165, 1.54) is 18.7 Å². The first-order valence-electron chi connectivity index (χ1n) is 20.4. The van der Waals surface area contributed by atoms with Crippen LogP contribution in [0.2, 0.25) is 0 Å². The third kappa shape index (κ3) is 9.89. The molecule has 0 amide bonds. The Morgan fingerprint density at radius 3 is 1.71 bits per heavy atom. The zero-order valence-corrected chi connectivity index (χ0v) is 35.6. The van der Waals surface area contributed by atoms with Crippen molar-refractivity contribution in [3.63, 3.8) is 0 Å². The van der Waals surface area contributed by atoms with Gasteiger partial charge in [0.15, 0.2) is 28.0 Å². The van der Waals surface area contributed by atoms with Crippen molar-refractivity contribution in [2.24, 2.45) is 0 Å². The van der Waals surface area contributed by atoms with Crippen molar-refractivity contribution >= 4 is 39.3 Å². The average molecular weight is 858 g/mol. The number of hydrogen-bond donors (Lipinski definition) is 0. The number of nitrogens with zero attached hydrogens (tertiary/aromatic N) is 1. The van der Waals surface area contributed by atoms with Crippen molar-refractivity contribution in [2.75, 3.05) is 0 Å². The summed E-state index contributed by atoms with van der Waals surface area (Å²) in [5.41, 5.74) is 6.41. The third-order valence-corrected chi connectivity index (χ3v) is 12.7. The SMILES string of the molecule is CC(=O)O[C@@H]1C(Sc2nc3ccccc3s2)c2c(OCc3ccccc3)cc(OCc3ccccc3)cc2O[C@@H]1c1ccc(OCc2ccccc2)c(OCc2ccccc2)c1. The molecule has 8 nitrogen and oxygen atoms in total. The fourth-order valence-electron chi connectivity index (χ4n) is 7.27. The normalized spacial score (nSPS) is 15.5. The van der Waals surface area contributed by atoms with Crippen LogP contribution in [0.25, 0.3) is 10.2 Å². The van der Waals surface area contributed by atoms with Crippen molar-refractivity contribution in [1.82, 2.24) is 4.98 Å². The molecular formula is C52H43NO7S2. The van der Waals surface area contributed by atoms with Gasteiger partial charge >= 0.3 is 5.97 Å². The van der Waals surface area contributed by atoms with E-state index in [0.717, 1.165) is 47.9 Å². The number of hydrogen-bond acceptors (Lipinski definition) is 10. The summed E-state index contributed by atoms with van der Waals surface area (Å²) in [7, 11) is 0. The second-order valence-electron chi connectivity index (χ2n) is 14.7. The first kappa shape index (κ1) is 40.6. The van der Waals surface area contributed by atoms with Crippen molar-refractivity contribution in [3.05, 3.63) is 209 Å². The van der Waals surface area contributed by atoms with Crippen molar-refractivity contribution in [3.8, 4) is 28.7 Å². The molecule has 0 spiro atoms. The average Bonchev–Trinajstić information content (AvgIpc) is 3.73. The minimum Gasteiger partial charge on any atom is -0.489 e. The first-order valence-corrected chi connectivity index (χ1v) is 22.1. The Labute approximate surface area is 369 Å². The van der Waals surface area contributed by atoms with Crippen LogP contribution in [-0.4, -0.2) is 17.1 Å². The van der Waals surface area contributed by atoms with Crippen LogP contribution in [0.15, 0.2) is 180 Å². The molecule has 0 N–H and O–H groups in total. The zero-order chi connectivity index (χ0) is 42.1. The molecule has 2 heterocycles. The summed E-state index contributed by atoms with van der Waals surface area (Å²) in [6.07, 6.45) is -1.61. The Bertz CT molecular complexity index is 2700.